The fourth-order valence-electron chi connectivity index (χ4n) is 1.46. The number of carbonyl (C=O) groups is 1. The molecular weight excluding hydrogens is 170 g/mol. The summed E-state index contributed by atoms with van der Waals surface area (Å²) in [6.45, 7) is 1.59. The van der Waals surface area contributed by atoms with E-state index in [-0.39, 0.29) is 0 Å². The summed E-state index contributed by atoms with van der Waals surface area (Å²) >= 11 is 0. The number of esters is 1. The van der Waals surface area contributed by atoms with Crippen LogP contribution in [0.15, 0.2) is 24.3 Å². The number of rotatable bonds is 1. The molecule has 2 N–H and O–H groups in total. The SMILES string of the molecule is C[C@]1(NO)OC(=O)c2ccccc21. The van der Waals surface area contributed by atoms with Crippen molar-refractivity contribution in [2.45, 2.75) is 12.6 Å². The standard InChI is InChI=1S/C9H9NO3/c1-9(10-12)7-5-3-2-4-6(7)8(11)13-9/h2-5,10,12H,1H3/t9-/m0/s1. The molecular formula is C9H9NO3. The lowest BCUT2D eigenvalue weighted by molar-refractivity contribution is -0.0886. The van der Waals surface area contributed by atoms with Crippen LogP contribution in [0.2, 0.25) is 0 Å². The second-order valence-corrected chi connectivity index (χ2v) is 3.08. The van der Waals surface area contributed by atoms with Gasteiger partial charge in [-0.25, -0.2) is 4.79 Å². The largest absolute Gasteiger partial charge is 0.434 e. The van der Waals surface area contributed by atoms with E-state index in [4.69, 9.17) is 9.94 Å². The average Bonchev–Trinajstić information content (AvgIpc) is 2.42. The third-order valence-electron chi connectivity index (χ3n) is 2.17. The number of carbonyl (C=O) groups excluding carboxylic acids is 1. The summed E-state index contributed by atoms with van der Waals surface area (Å²) in [6, 6.07) is 6.95. The van der Waals surface area contributed by atoms with E-state index in [9.17, 15) is 4.79 Å². The zero-order chi connectivity index (χ0) is 9.47. The molecule has 4 heteroatoms. The Kier molecular flexibility index (Phi) is 1.61. The van der Waals surface area contributed by atoms with Crippen LogP contribution < -0.4 is 5.48 Å². The van der Waals surface area contributed by atoms with Gasteiger partial charge in [-0.2, -0.15) is 5.48 Å². The fraction of sp³-hybridized carbons (Fsp3) is 0.222. The van der Waals surface area contributed by atoms with Gasteiger partial charge in [0, 0.05) is 5.56 Å². The van der Waals surface area contributed by atoms with Gasteiger partial charge in [0.2, 0.25) is 5.72 Å². The van der Waals surface area contributed by atoms with Gasteiger partial charge in [-0.05, 0) is 13.0 Å². The van der Waals surface area contributed by atoms with Crippen LogP contribution in [0, 0.1) is 0 Å². The molecule has 1 aromatic carbocycles. The summed E-state index contributed by atoms with van der Waals surface area (Å²) in [5.41, 5.74) is 2.03. The van der Waals surface area contributed by atoms with Gasteiger partial charge in [0.15, 0.2) is 0 Å². The number of nitrogens with one attached hydrogen (secondary N) is 1. The molecule has 0 saturated carbocycles. The van der Waals surface area contributed by atoms with E-state index in [0.29, 0.717) is 11.1 Å². The quantitative estimate of drug-likeness (QED) is 0.499. The lowest BCUT2D eigenvalue weighted by Crippen LogP contribution is -2.37. The minimum absolute atomic E-state index is 0.417. The molecule has 13 heavy (non-hydrogen) atoms. The van der Waals surface area contributed by atoms with Crippen molar-refractivity contribution in [3.8, 4) is 0 Å². The zero-order valence-corrected chi connectivity index (χ0v) is 7.07. The Labute approximate surface area is 75.1 Å². The minimum Gasteiger partial charge on any atom is -0.434 e. The highest BCUT2D eigenvalue weighted by Gasteiger charge is 2.40. The van der Waals surface area contributed by atoms with Crippen LogP contribution in [0.4, 0.5) is 0 Å². The molecule has 4 nitrogen and oxygen atoms in total. The smallest absolute Gasteiger partial charge is 0.340 e. The number of hydrogen-bond acceptors (Lipinski definition) is 4. The Hall–Kier alpha value is -1.39. The number of fused-ring (bicyclic) bond motifs is 1. The highest BCUT2D eigenvalue weighted by molar-refractivity contribution is 5.94. The first-order valence-corrected chi connectivity index (χ1v) is 3.91. The number of ether oxygens (including phenoxy) is 1. The van der Waals surface area contributed by atoms with Crippen LogP contribution in [0.3, 0.4) is 0 Å². The predicted molar refractivity (Wildman–Crippen MR) is 44.1 cm³/mol. The molecule has 68 valence electrons. The number of cyclic esters (lactones) is 1. The van der Waals surface area contributed by atoms with Crippen molar-refractivity contribution in [1.82, 2.24) is 5.48 Å². The van der Waals surface area contributed by atoms with Crippen molar-refractivity contribution in [3.63, 3.8) is 0 Å². The van der Waals surface area contributed by atoms with Gasteiger partial charge in [0.1, 0.15) is 0 Å². The van der Waals surface area contributed by atoms with Gasteiger partial charge in [-0.15, -0.1) is 0 Å². The van der Waals surface area contributed by atoms with Crippen molar-refractivity contribution < 1.29 is 14.7 Å². The van der Waals surface area contributed by atoms with Crippen LogP contribution in [0.5, 0.6) is 0 Å². The van der Waals surface area contributed by atoms with Gasteiger partial charge < -0.3 is 9.94 Å². The molecule has 1 atom stereocenters. The molecule has 0 bridgehead atoms. The molecule has 1 aliphatic rings. The molecule has 0 aliphatic carbocycles. The van der Waals surface area contributed by atoms with Gasteiger partial charge in [0.25, 0.3) is 0 Å². The maximum absolute atomic E-state index is 11.3. The van der Waals surface area contributed by atoms with Crippen LogP contribution in [0.25, 0.3) is 0 Å². The Bertz CT molecular complexity index is 364. The maximum Gasteiger partial charge on any atom is 0.340 e. The van der Waals surface area contributed by atoms with E-state index in [1.807, 2.05) is 5.48 Å². The Morgan fingerprint density at radius 1 is 1.46 bits per heavy atom. The monoisotopic (exact) mass is 179 g/mol. The molecule has 0 aromatic heterocycles. The van der Waals surface area contributed by atoms with E-state index >= 15 is 0 Å². The number of benzene rings is 1. The maximum atomic E-state index is 11.3. The molecule has 0 amide bonds. The van der Waals surface area contributed by atoms with Crippen molar-refractivity contribution in [2.75, 3.05) is 0 Å². The summed E-state index contributed by atoms with van der Waals surface area (Å²) in [5.74, 6) is -0.417. The molecule has 0 saturated heterocycles. The van der Waals surface area contributed by atoms with E-state index in [1.165, 1.54) is 0 Å². The third kappa shape index (κ3) is 1.03. The predicted octanol–water partition coefficient (Wildman–Crippen LogP) is 1.01. The number of hydrogen-bond donors (Lipinski definition) is 2. The van der Waals surface area contributed by atoms with Gasteiger partial charge in [0.05, 0.1) is 5.56 Å². The molecule has 0 spiro atoms. The first kappa shape index (κ1) is 8.22. The zero-order valence-electron chi connectivity index (χ0n) is 7.07. The van der Waals surface area contributed by atoms with E-state index < -0.39 is 11.7 Å². The van der Waals surface area contributed by atoms with Crippen molar-refractivity contribution in [3.05, 3.63) is 35.4 Å². The second kappa shape index (κ2) is 2.55. The normalized spacial score (nSPS) is 25.5. The van der Waals surface area contributed by atoms with Gasteiger partial charge >= 0.3 is 5.97 Å². The summed E-state index contributed by atoms with van der Waals surface area (Å²) in [4.78, 5) is 11.3. The van der Waals surface area contributed by atoms with Crippen molar-refractivity contribution >= 4 is 5.97 Å². The van der Waals surface area contributed by atoms with Crippen molar-refractivity contribution in [2.24, 2.45) is 0 Å². The van der Waals surface area contributed by atoms with Gasteiger partial charge in [-0.1, -0.05) is 18.2 Å². The third-order valence-corrected chi connectivity index (χ3v) is 2.17. The topological polar surface area (TPSA) is 58.6 Å². The molecule has 1 aromatic rings. The molecule has 0 unspecified atom stereocenters. The first-order valence-electron chi connectivity index (χ1n) is 3.91. The highest BCUT2D eigenvalue weighted by atomic mass is 16.6. The Morgan fingerprint density at radius 2 is 2.15 bits per heavy atom. The van der Waals surface area contributed by atoms with Crippen LogP contribution in [-0.4, -0.2) is 11.2 Å². The number of hydroxylamine groups is 1. The molecule has 0 radical (unpaired) electrons. The summed E-state index contributed by atoms with van der Waals surface area (Å²) in [6.07, 6.45) is 0. The van der Waals surface area contributed by atoms with E-state index in [1.54, 1.807) is 31.2 Å². The Balaban J connectivity index is 2.59. The molecule has 1 heterocycles. The van der Waals surface area contributed by atoms with E-state index in [0.717, 1.165) is 0 Å². The van der Waals surface area contributed by atoms with Crippen LogP contribution in [-0.2, 0) is 10.5 Å². The first-order chi connectivity index (χ1) is 6.17. The average molecular weight is 179 g/mol. The van der Waals surface area contributed by atoms with Crippen LogP contribution >= 0.6 is 0 Å². The van der Waals surface area contributed by atoms with Gasteiger partial charge in [-0.3, -0.25) is 0 Å². The van der Waals surface area contributed by atoms with E-state index in [2.05, 4.69) is 0 Å². The second-order valence-electron chi connectivity index (χ2n) is 3.08. The Morgan fingerprint density at radius 3 is 2.85 bits per heavy atom. The molecule has 1 aliphatic heterocycles. The molecule has 2 rings (SSSR count). The lowest BCUT2D eigenvalue weighted by atomic mass is 10.0. The fourth-order valence-corrected chi connectivity index (χ4v) is 1.46. The van der Waals surface area contributed by atoms with Crippen LogP contribution in [0.1, 0.15) is 22.8 Å². The highest BCUT2D eigenvalue weighted by Crippen LogP contribution is 2.32. The minimum atomic E-state index is -1.10. The van der Waals surface area contributed by atoms with Crippen molar-refractivity contribution in [1.29, 1.82) is 0 Å². The summed E-state index contributed by atoms with van der Waals surface area (Å²) in [5, 5.41) is 8.86. The lowest BCUT2D eigenvalue weighted by Gasteiger charge is -2.21. The summed E-state index contributed by atoms with van der Waals surface area (Å²) < 4.78 is 4.97. The summed E-state index contributed by atoms with van der Waals surface area (Å²) in [7, 11) is 0. The molecule has 0 fully saturated rings.